The van der Waals surface area contributed by atoms with Crippen LogP contribution in [-0.2, 0) is 11.1 Å². The molecule has 2 aliphatic carbocycles. The average molecular weight is 359 g/mol. The molecule has 0 radical (unpaired) electrons. The zero-order valence-corrected chi connectivity index (χ0v) is 16.4. The van der Waals surface area contributed by atoms with Gasteiger partial charge in [-0.25, -0.2) is 0 Å². The van der Waals surface area contributed by atoms with Crippen molar-refractivity contribution in [3.8, 4) is 0 Å². The molecule has 2 saturated carbocycles. The van der Waals surface area contributed by atoms with Gasteiger partial charge in [0.2, 0.25) is 0 Å². The Labute approximate surface area is 159 Å². The molecule has 0 heterocycles. The van der Waals surface area contributed by atoms with Crippen LogP contribution in [0.25, 0.3) is 0 Å². The van der Waals surface area contributed by atoms with E-state index in [1.54, 1.807) is 0 Å². The molecule has 3 nitrogen and oxygen atoms in total. The summed E-state index contributed by atoms with van der Waals surface area (Å²) in [5.74, 6) is 0. The van der Waals surface area contributed by atoms with E-state index in [4.69, 9.17) is 11.5 Å². The fourth-order valence-corrected chi connectivity index (χ4v) is 5.12. The first-order valence-electron chi connectivity index (χ1n) is 11.0. The monoisotopic (exact) mass is 358 g/mol. The van der Waals surface area contributed by atoms with Crippen molar-refractivity contribution in [3.63, 3.8) is 0 Å². The number of nitrogens with two attached hydrogens (primary N) is 2. The molecule has 0 aliphatic heterocycles. The summed E-state index contributed by atoms with van der Waals surface area (Å²) >= 11 is 0. The van der Waals surface area contributed by atoms with Crippen molar-refractivity contribution in [2.75, 3.05) is 5.73 Å². The summed E-state index contributed by atoms with van der Waals surface area (Å²) in [4.78, 5) is 0. The Balaban J connectivity index is 1.98. The van der Waals surface area contributed by atoms with Gasteiger partial charge in [-0.05, 0) is 48.9 Å². The number of benzene rings is 1. The van der Waals surface area contributed by atoms with E-state index >= 15 is 0 Å². The highest BCUT2D eigenvalue weighted by atomic mass is 16.3. The summed E-state index contributed by atoms with van der Waals surface area (Å²) in [5.41, 5.74) is 15.1. The lowest BCUT2D eigenvalue weighted by atomic mass is 9.72. The van der Waals surface area contributed by atoms with E-state index in [1.165, 1.54) is 57.8 Å². The smallest absolute Gasteiger partial charge is 0.0899 e. The van der Waals surface area contributed by atoms with E-state index in [1.807, 2.05) is 6.07 Å². The third-order valence-corrected chi connectivity index (χ3v) is 6.76. The largest absolute Gasteiger partial charge is 0.399 e. The standard InChI is InChI=1S/C23H38N2O/c24-19-12-13-20(23(26)16-10-6-3-7-11-17-23)21(18-19)22(25)14-8-4-1-2-5-9-15-22/h12-13,18,26H,1-11,14-17,24-25H2. The molecular weight excluding hydrogens is 320 g/mol. The van der Waals surface area contributed by atoms with Crippen molar-refractivity contribution >= 4 is 5.69 Å². The summed E-state index contributed by atoms with van der Waals surface area (Å²) in [5, 5.41) is 11.6. The highest BCUT2D eigenvalue weighted by Crippen LogP contribution is 2.43. The molecule has 0 unspecified atom stereocenters. The van der Waals surface area contributed by atoms with Crippen LogP contribution < -0.4 is 11.5 Å². The SMILES string of the molecule is Nc1ccc(C2(O)CCCCCCC2)c(C2(N)CCCCCCCC2)c1. The van der Waals surface area contributed by atoms with Crippen LogP contribution in [-0.4, -0.2) is 5.11 Å². The predicted molar refractivity (Wildman–Crippen MR) is 110 cm³/mol. The molecule has 0 spiro atoms. The van der Waals surface area contributed by atoms with Crippen molar-refractivity contribution in [2.24, 2.45) is 5.73 Å². The Hall–Kier alpha value is -1.06. The van der Waals surface area contributed by atoms with Crippen molar-refractivity contribution in [1.29, 1.82) is 0 Å². The first kappa shape index (κ1) is 19.7. The molecular formula is C23H38N2O. The number of hydrogen-bond donors (Lipinski definition) is 3. The molecule has 0 aromatic heterocycles. The number of hydrogen-bond acceptors (Lipinski definition) is 3. The van der Waals surface area contributed by atoms with Crippen LogP contribution in [0.4, 0.5) is 5.69 Å². The van der Waals surface area contributed by atoms with E-state index in [9.17, 15) is 5.11 Å². The molecule has 146 valence electrons. The van der Waals surface area contributed by atoms with Crippen LogP contribution in [0.15, 0.2) is 18.2 Å². The van der Waals surface area contributed by atoms with Crippen molar-refractivity contribution in [3.05, 3.63) is 29.3 Å². The van der Waals surface area contributed by atoms with Crippen LogP contribution in [0.3, 0.4) is 0 Å². The topological polar surface area (TPSA) is 72.3 Å². The minimum absolute atomic E-state index is 0.354. The Morgan fingerprint density at radius 1 is 0.654 bits per heavy atom. The summed E-state index contributed by atoms with van der Waals surface area (Å²) in [6.07, 6.45) is 17.1. The van der Waals surface area contributed by atoms with Gasteiger partial charge in [-0.15, -0.1) is 0 Å². The van der Waals surface area contributed by atoms with E-state index in [0.717, 1.165) is 55.3 Å². The van der Waals surface area contributed by atoms with Gasteiger partial charge in [0.05, 0.1) is 5.60 Å². The van der Waals surface area contributed by atoms with E-state index in [2.05, 4.69) is 12.1 Å². The van der Waals surface area contributed by atoms with Gasteiger partial charge in [0.1, 0.15) is 0 Å². The Bertz CT molecular complexity index is 566. The first-order valence-corrected chi connectivity index (χ1v) is 11.0. The molecule has 1 aromatic carbocycles. The highest BCUT2D eigenvalue weighted by Gasteiger charge is 2.37. The van der Waals surface area contributed by atoms with Gasteiger partial charge in [-0.1, -0.05) is 76.7 Å². The molecule has 2 aliphatic rings. The summed E-state index contributed by atoms with van der Waals surface area (Å²) in [6.45, 7) is 0. The molecule has 5 N–H and O–H groups in total. The van der Waals surface area contributed by atoms with Crippen LogP contribution in [0.5, 0.6) is 0 Å². The van der Waals surface area contributed by atoms with Gasteiger partial charge in [0.15, 0.2) is 0 Å². The number of aliphatic hydroxyl groups is 1. The average Bonchev–Trinajstić information content (AvgIpc) is 2.71. The van der Waals surface area contributed by atoms with Crippen LogP contribution in [0, 0.1) is 0 Å². The Kier molecular flexibility index (Phi) is 6.63. The van der Waals surface area contributed by atoms with E-state index < -0.39 is 5.60 Å². The normalized spacial score (nSPS) is 24.5. The quantitative estimate of drug-likeness (QED) is 0.612. The zero-order valence-electron chi connectivity index (χ0n) is 16.4. The minimum Gasteiger partial charge on any atom is -0.399 e. The fourth-order valence-electron chi connectivity index (χ4n) is 5.12. The molecule has 0 atom stereocenters. The third kappa shape index (κ3) is 4.61. The van der Waals surface area contributed by atoms with Gasteiger partial charge >= 0.3 is 0 Å². The molecule has 2 fully saturated rings. The molecule has 1 aromatic rings. The van der Waals surface area contributed by atoms with Crippen LogP contribution in [0.2, 0.25) is 0 Å². The van der Waals surface area contributed by atoms with E-state index in [0.29, 0.717) is 0 Å². The lowest BCUT2D eigenvalue weighted by Gasteiger charge is -2.38. The van der Waals surface area contributed by atoms with Gasteiger partial charge in [0, 0.05) is 11.2 Å². The Morgan fingerprint density at radius 3 is 1.65 bits per heavy atom. The van der Waals surface area contributed by atoms with Crippen molar-refractivity contribution in [1.82, 2.24) is 0 Å². The van der Waals surface area contributed by atoms with Crippen molar-refractivity contribution < 1.29 is 5.11 Å². The second-order valence-corrected chi connectivity index (χ2v) is 8.88. The maximum absolute atomic E-state index is 11.6. The number of rotatable bonds is 2. The summed E-state index contributed by atoms with van der Waals surface area (Å²) in [6, 6.07) is 6.10. The second kappa shape index (κ2) is 8.75. The molecule has 3 rings (SSSR count). The third-order valence-electron chi connectivity index (χ3n) is 6.76. The van der Waals surface area contributed by atoms with Gasteiger partial charge < -0.3 is 16.6 Å². The number of anilines is 1. The van der Waals surface area contributed by atoms with Gasteiger partial charge in [-0.3, -0.25) is 0 Å². The van der Waals surface area contributed by atoms with Crippen molar-refractivity contribution in [2.45, 2.75) is 107 Å². The van der Waals surface area contributed by atoms with E-state index in [-0.39, 0.29) is 5.54 Å². The lowest BCUT2D eigenvalue weighted by molar-refractivity contribution is 0.00753. The highest BCUT2D eigenvalue weighted by molar-refractivity contribution is 5.49. The first-order chi connectivity index (χ1) is 12.5. The molecule has 0 bridgehead atoms. The van der Waals surface area contributed by atoms with Crippen LogP contribution in [0.1, 0.15) is 107 Å². The maximum atomic E-state index is 11.6. The maximum Gasteiger partial charge on any atom is 0.0899 e. The predicted octanol–water partition coefficient (Wildman–Crippen LogP) is 5.49. The molecule has 3 heteroatoms. The minimum atomic E-state index is -0.742. The number of nitrogen functional groups attached to an aromatic ring is 1. The zero-order chi connectivity index (χ0) is 18.5. The molecule has 0 amide bonds. The van der Waals surface area contributed by atoms with Crippen LogP contribution >= 0.6 is 0 Å². The molecule has 0 saturated heterocycles. The summed E-state index contributed by atoms with van der Waals surface area (Å²) in [7, 11) is 0. The lowest BCUT2D eigenvalue weighted by Crippen LogP contribution is -2.40. The Morgan fingerprint density at radius 2 is 1.12 bits per heavy atom. The second-order valence-electron chi connectivity index (χ2n) is 8.88. The molecule has 26 heavy (non-hydrogen) atoms. The summed E-state index contributed by atoms with van der Waals surface area (Å²) < 4.78 is 0. The fraction of sp³-hybridized carbons (Fsp3) is 0.739. The van der Waals surface area contributed by atoms with Gasteiger partial charge in [0.25, 0.3) is 0 Å². The van der Waals surface area contributed by atoms with Gasteiger partial charge in [-0.2, -0.15) is 0 Å².